The normalized spacial score (nSPS) is 10.3. The summed E-state index contributed by atoms with van der Waals surface area (Å²) in [5.74, 6) is 0.0667. The molecule has 0 aliphatic rings. The molecular weight excluding hydrogens is 197 g/mol. The van der Waals surface area contributed by atoms with Gasteiger partial charge in [0.05, 0.1) is 12.8 Å². The first kappa shape index (κ1) is 11.9. The van der Waals surface area contributed by atoms with Crippen molar-refractivity contribution in [3.8, 4) is 5.75 Å². The molecule has 1 heterocycles. The Morgan fingerprint density at radius 3 is 2.80 bits per heavy atom. The molecule has 0 saturated heterocycles. The van der Waals surface area contributed by atoms with Crippen LogP contribution in [0.3, 0.4) is 0 Å². The summed E-state index contributed by atoms with van der Waals surface area (Å²) in [5, 5.41) is 0. The van der Waals surface area contributed by atoms with E-state index in [4.69, 9.17) is 9.47 Å². The Labute approximate surface area is 89.2 Å². The van der Waals surface area contributed by atoms with Gasteiger partial charge in [0.15, 0.2) is 0 Å². The zero-order valence-corrected chi connectivity index (χ0v) is 8.91. The molecule has 84 valence electrons. The number of unbranched alkanes of at least 4 members (excludes halogenated alkanes) is 1. The minimum atomic E-state index is -0.499. The van der Waals surface area contributed by atoms with Crippen molar-refractivity contribution in [3.05, 3.63) is 24.3 Å². The van der Waals surface area contributed by atoms with Gasteiger partial charge in [-0.15, -0.1) is 0 Å². The van der Waals surface area contributed by atoms with Crippen molar-refractivity contribution in [1.82, 2.24) is 4.98 Å². The van der Waals surface area contributed by atoms with E-state index in [-0.39, 0.29) is 0 Å². The molecule has 15 heavy (non-hydrogen) atoms. The molecule has 0 atom stereocenters. The van der Waals surface area contributed by atoms with Gasteiger partial charge in [0.25, 0.3) is 0 Å². The lowest BCUT2D eigenvalue weighted by molar-refractivity contribution is 0.0979. The van der Waals surface area contributed by atoms with Crippen LogP contribution in [0.5, 0.6) is 5.75 Å². The number of halogens is 1. The van der Waals surface area contributed by atoms with Crippen LogP contribution in [0.25, 0.3) is 0 Å². The fraction of sp³-hybridized carbons (Fsp3) is 0.545. The highest BCUT2D eigenvalue weighted by atomic mass is 19.1. The van der Waals surface area contributed by atoms with Crippen LogP contribution in [0.15, 0.2) is 18.3 Å². The molecule has 0 radical (unpaired) electrons. The zero-order chi connectivity index (χ0) is 10.9. The van der Waals surface area contributed by atoms with Gasteiger partial charge in [-0.2, -0.15) is 4.39 Å². The van der Waals surface area contributed by atoms with Gasteiger partial charge < -0.3 is 9.47 Å². The summed E-state index contributed by atoms with van der Waals surface area (Å²) < 4.78 is 23.0. The fourth-order valence-electron chi connectivity index (χ4n) is 1.01. The van der Waals surface area contributed by atoms with Crippen LogP contribution in [-0.2, 0) is 4.74 Å². The third-order valence-corrected chi connectivity index (χ3v) is 1.84. The lowest BCUT2D eigenvalue weighted by atomic mass is 10.4. The first-order valence-electron chi connectivity index (χ1n) is 5.15. The van der Waals surface area contributed by atoms with E-state index in [2.05, 4.69) is 11.9 Å². The maximum Gasteiger partial charge on any atom is 0.213 e. The third-order valence-electron chi connectivity index (χ3n) is 1.84. The largest absolute Gasteiger partial charge is 0.490 e. The lowest BCUT2D eigenvalue weighted by Gasteiger charge is -2.06. The molecule has 1 aromatic rings. The molecule has 0 N–H and O–H groups in total. The minimum Gasteiger partial charge on any atom is -0.490 e. The van der Waals surface area contributed by atoms with Crippen LogP contribution in [0.4, 0.5) is 4.39 Å². The molecule has 0 spiro atoms. The highest BCUT2D eigenvalue weighted by Crippen LogP contribution is 2.07. The van der Waals surface area contributed by atoms with E-state index in [1.807, 2.05) is 0 Å². The molecule has 0 unspecified atom stereocenters. The van der Waals surface area contributed by atoms with Gasteiger partial charge in [-0.3, -0.25) is 0 Å². The van der Waals surface area contributed by atoms with Crippen LogP contribution in [-0.4, -0.2) is 24.8 Å². The number of aromatic nitrogens is 1. The van der Waals surface area contributed by atoms with E-state index >= 15 is 0 Å². The highest BCUT2D eigenvalue weighted by molar-refractivity contribution is 5.15. The topological polar surface area (TPSA) is 31.4 Å². The Bertz CT molecular complexity index is 264. The molecule has 0 saturated carbocycles. The molecule has 4 heteroatoms. The summed E-state index contributed by atoms with van der Waals surface area (Å²) in [5.41, 5.74) is 0. The fourth-order valence-corrected chi connectivity index (χ4v) is 1.01. The Kier molecular flexibility index (Phi) is 5.70. The summed E-state index contributed by atoms with van der Waals surface area (Å²) in [6.07, 6.45) is 3.56. The van der Waals surface area contributed by atoms with Gasteiger partial charge in [0, 0.05) is 6.61 Å². The SMILES string of the molecule is CCCCOCCOc1ccc(F)nc1. The van der Waals surface area contributed by atoms with Crippen LogP contribution >= 0.6 is 0 Å². The molecular formula is C11H16FNO2. The number of ether oxygens (including phenoxy) is 2. The summed E-state index contributed by atoms with van der Waals surface area (Å²) >= 11 is 0. The van der Waals surface area contributed by atoms with Gasteiger partial charge in [0.1, 0.15) is 12.4 Å². The predicted molar refractivity (Wildman–Crippen MR) is 55.4 cm³/mol. The molecule has 0 amide bonds. The van der Waals surface area contributed by atoms with Crippen molar-refractivity contribution >= 4 is 0 Å². The highest BCUT2D eigenvalue weighted by Gasteiger charge is 1.95. The molecule has 0 fully saturated rings. The van der Waals surface area contributed by atoms with E-state index in [0.29, 0.717) is 19.0 Å². The van der Waals surface area contributed by atoms with Crippen molar-refractivity contribution in [1.29, 1.82) is 0 Å². The molecule has 1 rings (SSSR count). The maximum atomic E-state index is 12.4. The standard InChI is InChI=1S/C11H16FNO2/c1-2-3-6-14-7-8-15-10-4-5-11(12)13-9-10/h4-5,9H,2-3,6-8H2,1H3. The molecule has 0 aromatic carbocycles. The Morgan fingerprint density at radius 1 is 1.27 bits per heavy atom. The first-order valence-corrected chi connectivity index (χ1v) is 5.15. The Morgan fingerprint density at radius 2 is 2.13 bits per heavy atom. The summed E-state index contributed by atoms with van der Waals surface area (Å²) in [4.78, 5) is 3.47. The summed E-state index contributed by atoms with van der Waals surface area (Å²) in [7, 11) is 0. The van der Waals surface area contributed by atoms with Crippen LogP contribution in [0.2, 0.25) is 0 Å². The zero-order valence-electron chi connectivity index (χ0n) is 8.91. The van der Waals surface area contributed by atoms with Crippen molar-refractivity contribution < 1.29 is 13.9 Å². The minimum absolute atomic E-state index is 0.469. The molecule has 0 aliphatic carbocycles. The van der Waals surface area contributed by atoms with E-state index < -0.39 is 5.95 Å². The average Bonchev–Trinajstić information content (AvgIpc) is 2.26. The van der Waals surface area contributed by atoms with Crippen LogP contribution in [0.1, 0.15) is 19.8 Å². The van der Waals surface area contributed by atoms with Crippen molar-refractivity contribution in [2.24, 2.45) is 0 Å². The number of hydrogen-bond donors (Lipinski definition) is 0. The number of rotatable bonds is 7. The summed E-state index contributed by atoms with van der Waals surface area (Å²) in [6, 6.07) is 2.82. The van der Waals surface area contributed by atoms with Crippen LogP contribution < -0.4 is 4.74 Å². The Hall–Kier alpha value is -1.16. The molecule has 1 aromatic heterocycles. The second kappa shape index (κ2) is 7.17. The molecule has 0 bridgehead atoms. The van der Waals surface area contributed by atoms with Gasteiger partial charge in [-0.25, -0.2) is 4.98 Å². The van der Waals surface area contributed by atoms with E-state index in [0.717, 1.165) is 19.4 Å². The molecule has 3 nitrogen and oxygen atoms in total. The second-order valence-electron chi connectivity index (χ2n) is 3.13. The van der Waals surface area contributed by atoms with Crippen molar-refractivity contribution in [2.45, 2.75) is 19.8 Å². The number of nitrogens with zero attached hydrogens (tertiary/aromatic N) is 1. The van der Waals surface area contributed by atoms with Gasteiger partial charge in [0.2, 0.25) is 5.95 Å². The lowest BCUT2D eigenvalue weighted by Crippen LogP contribution is -2.07. The quantitative estimate of drug-likeness (QED) is 0.515. The monoisotopic (exact) mass is 213 g/mol. The number of pyridine rings is 1. The predicted octanol–water partition coefficient (Wildman–Crippen LogP) is 2.42. The maximum absolute atomic E-state index is 12.4. The van der Waals surface area contributed by atoms with Gasteiger partial charge in [-0.05, 0) is 18.6 Å². The van der Waals surface area contributed by atoms with Gasteiger partial charge >= 0.3 is 0 Å². The third kappa shape index (κ3) is 5.32. The first-order chi connectivity index (χ1) is 7.33. The molecule has 0 aliphatic heterocycles. The van der Waals surface area contributed by atoms with Crippen molar-refractivity contribution in [2.75, 3.05) is 19.8 Å². The van der Waals surface area contributed by atoms with E-state index in [1.54, 1.807) is 6.07 Å². The average molecular weight is 213 g/mol. The number of hydrogen-bond acceptors (Lipinski definition) is 3. The van der Waals surface area contributed by atoms with Crippen molar-refractivity contribution in [3.63, 3.8) is 0 Å². The van der Waals surface area contributed by atoms with Crippen LogP contribution in [0, 0.1) is 5.95 Å². The summed E-state index contributed by atoms with van der Waals surface area (Å²) in [6.45, 7) is 3.90. The smallest absolute Gasteiger partial charge is 0.213 e. The van der Waals surface area contributed by atoms with E-state index in [1.165, 1.54) is 12.3 Å². The van der Waals surface area contributed by atoms with E-state index in [9.17, 15) is 4.39 Å². The Balaban J connectivity index is 2.07. The van der Waals surface area contributed by atoms with Gasteiger partial charge in [-0.1, -0.05) is 13.3 Å². The second-order valence-corrected chi connectivity index (χ2v) is 3.13.